The molecule has 0 fully saturated rings. The highest BCUT2D eigenvalue weighted by molar-refractivity contribution is 6.21. The van der Waals surface area contributed by atoms with Crippen molar-refractivity contribution in [2.75, 3.05) is 13.7 Å². The van der Waals surface area contributed by atoms with Gasteiger partial charge >= 0.3 is 6.09 Å². The van der Waals surface area contributed by atoms with Gasteiger partial charge in [-0.1, -0.05) is 18.2 Å². The molecule has 1 atom stereocenters. The van der Waals surface area contributed by atoms with Crippen LogP contribution in [-0.2, 0) is 11.2 Å². The van der Waals surface area contributed by atoms with Crippen molar-refractivity contribution in [1.82, 2.24) is 15.2 Å². The summed E-state index contributed by atoms with van der Waals surface area (Å²) >= 11 is 0. The first-order chi connectivity index (χ1) is 16.1. The SMILES string of the molecule is COc1ccc2cc(C[C@@H](CN3C(=O)c4ccccc4C3=O)NC(=O)OC(C)(C)C)ccc2n1. The van der Waals surface area contributed by atoms with Crippen LogP contribution in [0.4, 0.5) is 4.79 Å². The summed E-state index contributed by atoms with van der Waals surface area (Å²) in [6.45, 7) is 5.34. The number of ether oxygens (including phenoxy) is 2. The minimum atomic E-state index is -0.683. The van der Waals surface area contributed by atoms with Gasteiger partial charge in [0.15, 0.2) is 0 Å². The zero-order valence-corrected chi connectivity index (χ0v) is 19.6. The molecule has 0 saturated heterocycles. The van der Waals surface area contributed by atoms with Crippen LogP contribution in [0.2, 0.25) is 0 Å². The van der Waals surface area contributed by atoms with Crippen molar-refractivity contribution in [2.24, 2.45) is 0 Å². The van der Waals surface area contributed by atoms with E-state index in [1.807, 2.05) is 24.3 Å². The third-order valence-electron chi connectivity index (χ3n) is 5.42. The minimum absolute atomic E-state index is 0.0183. The Bertz CT molecular complexity index is 1230. The predicted molar refractivity (Wildman–Crippen MR) is 127 cm³/mol. The average Bonchev–Trinajstić information content (AvgIpc) is 3.02. The van der Waals surface area contributed by atoms with E-state index in [0.29, 0.717) is 23.4 Å². The van der Waals surface area contributed by atoms with Crippen molar-refractivity contribution in [3.8, 4) is 5.88 Å². The molecule has 1 N–H and O–H groups in total. The third kappa shape index (κ3) is 5.01. The van der Waals surface area contributed by atoms with Crippen molar-refractivity contribution in [1.29, 1.82) is 0 Å². The minimum Gasteiger partial charge on any atom is -0.481 e. The number of nitrogens with zero attached hydrogens (tertiary/aromatic N) is 2. The van der Waals surface area contributed by atoms with Gasteiger partial charge in [0.25, 0.3) is 11.8 Å². The second-order valence-corrected chi connectivity index (χ2v) is 9.19. The number of aromatic nitrogens is 1. The molecule has 0 saturated carbocycles. The maximum Gasteiger partial charge on any atom is 0.407 e. The van der Waals surface area contributed by atoms with Crippen molar-refractivity contribution in [3.05, 3.63) is 71.3 Å². The van der Waals surface area contributed by atoms with E-state index in [1.54, 1.807) is 58.2 Å². The number of rotatable bonds is 6. The molecule has 1 aliphatic heterocycles. The zero-order chi connectivity index (χ0) is 24.5. The number of hydrogen-bond acceptors (Lipinski definition) is 6. The van der Waals surface area contributed by atoms with Gasteiger partial charge in [0.2, 0.25) is 5.88 Å². The summed E-state index contributed by atoms with van der Waals surface area (Å²) in [6.07, 6.45) is -0.226. The number of carbonyl (C=O) groups excluding carboxylic acids is 3. The first kappa shape index (κ1) is 23.2. The standard InChI is InChI=1S/C26H27N3O5/c1-26(2,3)34-25(32)27-18(15-29-23(30)19-7-5-6-8-20(19)24(29)31)14-16-9-11-21-17(13-16)10-12-22(28-21)33-4/h5-13,18H,14-15H2,1-4H3,(H,27,32)/t18-/m0/s1. The Kier molecular flexibility index (Phi) is 6.24. The van der Waals surface area contributed by atoms with Crippen LogP contribution in [0.15, 0.2) is 54.6 Å². The van der Waals surface area contributed by atoms with Gasteiger partial charge in [0.05, 0.1) is 36.3 Å². The van der Waals surface area contributed by atoms with Gasteiger partial charge in [-0.15, -0.1) is 0 Å². The van der Waals surface area contributed by atoms with Crippen LogP contribution in [0.1, 0.15) is 47.1 Å². The normalized spacial score (nSPS) is 14.2. The van der Waals surface area contributed by atoms with E-state index in [1.165, 1.54) is 4.90 Å². The highest BCUT2D eigenvalue weighted by atomic mass is 16.6. The monoisotopic (exact) mass is 461 g/mol. The maximum atomic E-state index is 12.9. The number of carbonyl (C=O) groups is 3. The Morgan fingerprint density at radius 2 is 1.71 bits per heavy atom. The first-order valence-corrected chi connectivity index (χ1v) is 11.0. The number of methoxy groups -OCH3 is 1. The van der Waals surface area contributed by atoms with Gasteiger partial charge in [-0.25, -0.2) is 9.78 Å². The summed E-state index contributed by atoms with van der Waals surface area (Å²) < 4.78 is 10.6. The molecule has 2 heterocycles. The van der Waals surface area contributed by atoms with Crippen LogP contribution in [0, 0.1) is 0 Å². The quantitative estimate of drug-likeness (QED) is 0.558. The van der Waals surface area contributed by atoms with Crippen LogP contribution in [0.3, 0.4) is 0 Å². The van der Waals surface area contributed by atoms with E-state index in [4.69, 9.17) is 9.47 Å². The summed E-state index contributed by atoms with van der Waals surface area (Å²) in [6, 6.07) is 15.6. The fourth-order valence-electron chi connectivity index (χ4n) is 3.94. The molecule has 0 unspecified atom stereocenters. The molecule has 0 radical (unpaired) electrons. The van der Waals surface area contributed by atoms with Gasteiger partial charge in [0, 0.05) is 11.5 Å². The molecule has 1 aliphatic rings. The van der Waals surface area contributed by atoms with Crippen LogP contribution >= 0.6 is 0 Å². The Hall–Kier alpha value is -3.94. The smallest absolute Gasteiger partial charge is 0.407 e. The molecule has 34 heavy (non-hydrogen) atoms. The largest absolute Gasteiger partial charge is 0.481 e. The molecular formula is C26H27N3O5. The van der Waals surface area contributed by atoms with Crippen molar-refractivity contribution in [3.63, 3.8) is 0 Å². The lowest BCUT2D eigenvalue weighted by Crippen LogP contribution is -2.48. The Morgan fingerprint density at radius 3 is 2.32 bits per heavy atom. The second-order valence-electron chi connectivity index (χ2n) is 9.19. The average molecular weight is 462 g/mol. The molecule has 8 nitrogen and oxygen atoms in total. The van der Waals surface area contributed by atoms with Crippen LogP contribution < -0.4 is 10.1 Å². The van der Waals surface area contributed by atoms with E-state index in [-0.39, 0.29) is 18.4 Å². The molecule has 0 bridgehead atoms. The fraction of sp³-hybridized carbons (Fsp3) is 0.308. The lowest BCUT2D eigenvalue weighted by molar-refractivity contribution is 0.0468. The summed E-state index contributed by atoms with van der Waals surface area (Å²) in [4.78, 5) is 43.9. The molecule has 0 aliphatic carbocycles. The number of amides is 3. The number of fused-ring (bicyclic) bond motifs is 2. The van der Waals surface area contributed by atoms with E-state index in [2.05, 4.69) is 10.3 Å². The Labute approximate surface area is 197 Å². The van der Waals surface area contributed by atoms with Gasteiger partial charge in [-0.2, -0.15) is 0 Å². The number of benzene rings is 2. The molecule has 8 heteroatoms. The summed E-state index contributed by atoms with van der Waals surface area (Å²) in [7, 11) is 1.56. The molecular weight excluding hydrogens is 434 g/mol. The molecule has 2 aromatic carbocycles. The number of alkyl carbamates (subject to hydrolysis) is 1. The number of pyridine rings is 1. The Balaban J connectivity index is 1.58. The molecule has 3 amide bonds. The predicted octanol–water partition coefficient (Wildman–Crippen LogP) is 3.98. The second kappa shape index (κ2) is 9.13. The zero-order valence-electron chi connectivity index (χ0n) is 19.6. The van der Waals surface area contributed by atoms with Gasteiger partial charge < -0.3 is 14.8 Å². The first-order valence-electron chi connectivity index (χ1n) is 11.0. The lowest BCUT2D eigenvalue weighted by Gasteiger charge is -2.26. The van der Waals surface area contributed by atoms with E-state index >= 15 is 0 Å². The number of hydrogen-bond donors (Lipinski definition) is 1. The van der Waals surface area contributed by atoms with Crippen LogP contribution in [0.25, 0.3) is 10.9 Å². The molecule has 0 spiro atoms. The Morgan fingerprint density at radius 1 is 1.03 bits per heavy atom. The van der Waals surface area contributed by atoms with Crippen LogP contribution in [-0.4, -0.2) is 53.1 Å². The van der Waals surface area contributed by atoms with Crippen molar-refractivity contribution >= 4 is 28.8 Å². The van der Waals surface area contributed by atoms with Gasteiger partial charge in [-0.05, 0) is 63.1 Å². The summed E-state index contributed by atoms with van der Waals surface area (Å²) in [5.41, 5.74) is 1.75. The topological polar surface area (TPSA) is 97.8 Å². The maximum absolute atomic E-state index is 12.9. The third-order valence-corrected chi connectivity index (χ3v) is 5.42. The fourth-order valence-corrected chi connectivity index (χ4v) is 3.94. The number of imide groups is 1. The number of nitrogens with one attached hydrogen (secondary N) is 1. The summed E-state index contributed by atoms with van der Waals surface area (Å²) in [5, 5.41) is 3.75. The lowest BCUT2D eigenvalue weighted by atomic mass is 10.0. The van der Waals surface area contributed by atoms with E-state index < -0.39 is 17.7 Å². The van der Waals surface area contributed by atoms with E-state index in [9.17, 15) is 14.4 Å². The van der Waals surface area contributed by atoms with E-state index in [0.717, 1.165) is 16.5 Å². The van der Waals surface area contributed by atoms with Crippen molar-refractivity contribution in [2.45, 2.75) is 38.8 Å². The molecule has 176 valence electrons. The molecule has 4 rings (SSSR count). The van der Waals surface area contributed by atoms with Gasteiger partial charge in [0.1, 0.15) is 5.60 Å². The van der Waals surface area contributed by atoms with Gasteiger partial charge in [-0.3, -0.25) is 14.5 Å². The highest BCUT2D eigenvalue weighted by Gasteiger charge is 2.37. The van der Waals surface area contributed by atoms with Crippen LogP contribution in [0.5, 0.6) is 5.88 Å². The summed E-state index contributed by atoms with van der Waals surface area (Å²) in [5.74, 6) is -0.215. The van der Waals surface area contributed by atoms with Crippen molar-refractivity contribution < 1.29 is 23.9 Å². The molecule has 1 aromatic heterocycles. The highest BCUT2D eigenvalue weighted by Crippen LogP contribution is 2.24. The molecule has 3 aromatic rings.